The number of carboxylic acid groups (broad SMARTS) is 1. The molecule has 1 aromatic rings. The van der Waals surface area contributed by atoms with Gasteiger partial charge in [-0.25, -0.2) is 4.79 Å². The zero-order valence-electron chi connectivity index (χ0n) is 16.0. The van der Waals surface area contributed by atoms with Crippen LogP contribution in [0, 0.1) is 5.41 Å². The summed E-state index contributed by atoms with van der Waals surface area (Å²) < 4.78 is 5.53. The maximum atomic E-state index is 12.4. The van der Waals surface area contributed by atoms with E-state index in [0.717, 1.165) is 0 Å². The molecule has 0 radical (unpaired) electrons. The van der Waals surface area contributed by atoms with Crippen LogP contribution >= 0.6 is 0 Å². The number of carboxylic acids is 1. The normalized spacial score (nSPS) is 18.9. The maximum absolute atomic E-state index is 12.4. The van der Waals surface area contributed by atoms with Crippen molar-refractivity contribution in [2.75, 3.05) is 38.1 Å². The number of carbonyl (C=O) groups excluding carboxylic acids is 2. The van der Waals surface area contributed by atoms with E-state index in [9.17, 15) is 19.5 Å². The van der Waals surface area contributed by atoms with E-state index in [2.05, 4.69) is 5.32 Å². The highest BCUT2D eigenvalue weighted by molar-refractivity contribution is 5.90. The molecule has 0 spiro atoms. The van der Waals surface area contributed by atoms with Crippen LogP contribution in [0.1, 0.15) is 27.2 Å². The van der Waals surface area contributed by atoms with Crippen LogP contribution in [0.5, 0.6) is 5.75 Å². The standard InChI is InChI=1S/C19H27N3O5/c1-4-21(5-2)16(23)12-27-15-8-6-7-14(11-15)20-18(26)22-10-9-19(3,13-22)17(24)25/h6-8,11H,4-5,9-10,12-13H2,1-3H3,(H,20,26)(H,24,25). The van der Waals surface area contributed by atoms with Crippen LogP contribution in [0.3, 0.4) is 0 Å². The lowest BCUT2D eigenvalue weighted by Gasteiger charge is -2.21. The first-order valence-corrected chi connectivity index (χ1v) is 9.09. The highest BCUT2D eigenvalue weighted by Gasteiger charge is 2.42. The van der Waals surface area contributed by atoms with Crippen LogP contribution in [0.4, 0.5) is 10.5 Å². The molecule has 1 saturated heterocycles. The summed E-state index contributed by atoms with van der Waals surface area (Å²) in [4.78, 5) is 38.9. The number of nitrogens with zero attached hydrogens (tertiary/aromatic N) is 2. The zero-order chi connectivity index (χ0) is 20.0. The second-order valence-electron chi connectivity index (χ2n) is 6.85. The number of amides is 3. The van der Waals surface area contributed by atoms with Gasteiger partial charge in [0.05, 0.1) is 5.41 Å². The lowest BCUT2D eigenvalue weighted by molar-refractivity contribution is -0.147. The van der Waals surface area contributed by atoms with Gasteiger partial charge < -0.3 is 25.0 Å². The van der Waals surface area contributed by atoms with Crippen LogP contribution in [0.15, 0.2) is 24.3 Å². The molecule has 148 valence electrons. The highest BCUT2D eigenvalue weighted by atomic mass is 16.5. The smallest absolute Gasteiger partial charge is 0.321 e. The Morgan fingerprint density at radius 2 is 2.00 bits per heavy atom. The van der Waals surface area contributed by atoms with Crippen LogP contribution in [0.2, 0.25) is 0 Å². The van der Waals surface area contributed by atoms with E-state index in [1.165, 1.54) is 4.90 Å². The Morgan fingerprint density at radius 3 is 2.59 bits per heavy atom. The Morgan fingerprint density at radius 1 is 1.30 bits per heavy atom. The van der Waals surface area contributed by atoms with E-state index >= 15 is 0 Å². The predicted octanol–water partition coefficient (Wildman–Crippen LogP) is 2.26. The third-order valence-corrected chi connectivity index (χ3v) is 4.84. The van der Waals surface area contributed by atoms with E-state index in [0.29, 0.717) is 37.5 Å². The Kier molecular flexibility index (Phi) is 6.65. The molecule has 0 aliphatic carbocycles. The lowest BCUT2D eigenvalue weighted by Crippen LogP contribution is -2.37. The zero-order valence-corrected chi connectivity index (χ0v) is 16.0. The molecule has 2 N–H and O–H groups in total. The molecule has 8 heteroatoms. The molecule has 3 amide bonds. The number of anilines is 1. The van der Waals surface area contributed by atoms with Crippen LogP contribution in [-0.2, 0) is 9.59 Å². The number of ether oxygens (including phenoxy) is 1. The van der Waals surface area contributed by atoms with Crippen molar-refractivity contribution in [3.05, 3.63) is 24.3 Å². The molecule has 1 atom stereocenters. The summed E-state index contributed by atoms with van der Waals surface area (Å²) in [5.74, 6) is -0.518. The molecule has 2 rings (SSSR count). The molecule has 1 aliphatic heterocycles. The van der Waals surface area contributed by atoms with Crippen LogP contribution in [0.25, 0.3) is 0 Å². The fourth-order valence-corrected chi connectivity index (χ4v) is 2.99. The monoisotopic (exact) mass is 377 g/mol. The van der Waals surface area contributed by atoms with E-state index in [-0.39, 0.29) is 25.1 Å². The predicted molar refractivity (Wildman–Crippen MR) is 101 cm³/mol. The van der Waals surface area contributed by atoms with Crippen molar-refractivity contribution in [2.45, 2.75) is 27.2 Å². The van der Waals surface area contributed by atoms with Gasteiger partial charge in [-0.2, -0.15) is 0 Å². The first-order chi connectivity index (χ1) is 12.8. The second kappa shape index (κ2) is 8.75. The summed E-state index contributed by atoms with van der Waals surface area (Å²) in [6.45, 7) is 7.20. The lowest BCUT2D eigenvalue weighted by atomic mass is 9.90. The summed E-state index contributed by atoms with van der Waals surface area (Å²) in [5.41, 5.74) is -0.385. The molecular formula is C19H27N3O5. The fourth-order valence-electron chi connectivity index (χ4n) is 2.99. The van der Waals surface area contributed by atoms with Crippen molar-refractivity contribution in [1.29, 1.82) is 0 Å². The molecule has 1 fully saturated rings. The Labute approximate surface area is 159 Å². The Balaban J connectivity index is 1.93. The summed E-state index contributed by atoms with van der Waals surface area (Å²) >= 11 is 0. The molecule has 27 heavy (non-hydrogen) atoms. The van der Waals surface area contributed by atoms with E-state index in [1.54, 1.807) is 36.1 Å². The number of aliphatic carboxylic acids is 1. The SMILES string of the molecule is CCN(CC)C(=O)COc1cccc(NC(=O)N2CCC(C)(C(=O)O)C2)c1. The minimum Gasteiger partial charge on any atom is -0.484 e. The summed E-state index contributed by atoms with van der Waals surface area (Å²) in [7, 11) is 0. The number of nitrogens with one attached hydrogen (secondary N) is 1. The number of likely N-dealkylation sites (tertiary alicyclic amines) is 1. The first kappa shape index (κ1) is 20.5. The summed E-state index contributed by atoms with van der Waals surface area (Å²) in [6.07, 6.45) is 0.423. The number of benzene rings is 1. The average molecular weight is 377 g/mol. The fraction of sp³-hybridized carbons (Fsp3) is 0.526. The van der Waals surface area contributed by atoms with E-state index < -0.39 is 11.4 Å². The molecule has 0 saturated carbocycles. The number of urea groups is 1. The number of likely N-dealkylation sites (N-methyl/N-ethyl adjacent to an activating group) is 1. The first-order valence-electron chi connectivity index (χ1n) is 9.09. The molecule has 1 aliphatic rings. The quantitative estimate of drug-likeness (QED) is 0.759. The van der Waals surface area contributed by atoms with Gasteiger partial charge >= 0.3 is 12.0 Å². The molecule has 8 nitrogen and oxygen atoms in total. The van der Waals surface area contributed by atoms with Gasteiger partial charge in [0.15, 0.2) is 6.61 Å². The average Bonchev–Trinajstić information content (AvgIpc) is 3.05. The number of rotatable bonds is 7. The van der Waals surface area contributed by atoms with Gasteiger partial charge in [-0.1, -0.05) is 6.07 Å². The minimum absolute atomic E-state index is 0.0673. The van der Waals surface area contributed by atoms with Crippen LogP contribution < -0.4 is 10.1 Å². The van der Waals surface area contributed by atoms with Crippen molar-refractivity contribution in [1.82, 2.24) is 9.80 Å². The van der Waals surface area contributed by atoms with Gasteiger partial charge in [-0.3, -0.25) is 9.59 Å². The van der Waals surface area contributed by atoms with Gasteiger partial charge in [0.1, 0.15) is 5.75 Å². The van der Waals surface area contributed by atoms with Crippen molar-refractivity contribution in [2.24, 2.45) is 5.41 Å². The third-order valence-electron chi connectivity index (χ3n) is 4.84. The largest absolute Gasteiger partial charge is 0.484 e. The Hall–Kier alpha value is -2.77. The second-order valence-corrected chi connectivity index (χ2v) is 6.85. The molecular weight excluding hydrogens is 350 g/mol. The molecule has 1 unspecified atom stereocenters. The molecule has 0 bridgehead atoms. The highest BCUT2D eigenvalue weighted by Crippen LogP contribution is 2.30. The van der Waals surface area contributed by atoms with Gasteiger partial charge in [0.25, 0.3) is 5.91 Å². The molecule has 1 aromatic carbocycles. The van der Waals surface area contributed by atoms with Gasteiger partial charge in [-0.15, -0.1) is 0 Å². The van der Waals surface area contributed by atoms with Crippen molar-refractivity contribution < 1.29 is 24.2 Å². The van der Waals surface area contributed by atoms with Crippen molar-refractivity contribution in [3.8, 4) is 5.75 Å². The number of hydrogen-bond acceptors (Lipinski definition) is 4. The number of hydrogen-bond donors (Lipinski definition) is 2. The summed E-state index contributed by atoms with van der Waals surface area (Å²) in [6, 6.07) is 6.43. The van der Waals surface area contributed by atoms with Gasteiger partial charge in [-0.05, 0) is 39.3 Å². The third kappa shape index (κ3) is 5.12. The number of carbonyl (C=O) groups is 3. The van der Waals surface area contributed by atoms with Crippen LogP contribution in [-0.4, -0.2) is 65.6 Å². The molecule has 0 aromatic heterocycles. The Bertz CT molecular complexity index is 704. The van der Waals surface area contributed by atoms with Crippen molar-refractivity contribution >= 4 is 23.6 Å². The molecule has 1 heterocycles. The topological polar surface area (TPSA) is 99.2 Å². The van der Waals surface area contributed by atoms with E-state index in [4.69, 9.17) is 4.74 Å². The minimum atomic E-state index is -0.910. The van der Waals surface area contributed by atoms with Gasteiger partial charge in [0, 0.05) is 37.9 Å². The van der Waals surface area contributed by atoms with Gasteiger partial charge in [0.2, 0.25) is 0 Å². The maximum Gasteiger partial charge on any atom is 0.321 e. The summed E-state index contributed by atoms with van der Waals surface area (Å²) in [5, 5.41) is 12.0. The van der Waals surface area contributed by atoms with E-state index in [1.807, 2.05) is 13.8 Å². The van der Waals surface area contributed by atoms with Crippen molar-refractivity contribution in [3.63, 3.8) is 0 Å².